The van der Waals surface area contributed by atoms with Crippen molar-refractivity contribution in [3.8, 4) is 0 Å². The van der Waals surface area contributed by atoms with Crippen LogP contribution in [0.1, 0.15) is 24.9 Å². The molecule has 0 spiro atoms. The van der Waals surface area contributed by atoms with Crippen molar-refractivity contribution >= 4 is 27.5 Å². The van der Waals surface area contributed by atoms with E-state index in [4.69, 9.17) is 0 Å². The number of nitrogens with one attached hydrogen (secondary N) is 1. The lowest BCUT2D eigenvalue weighted by Gasteiger charge is -2.14. The number of hydrogen-bond acceptors (Lipinski definition) is 3. The number of anilines is 1. The van der Waals surface area contributed by atoms with Crippen LogP contribution in [0.3, 0.4) is 0 Å². The summed E-state index contributed by atoms with van der Waals surface area (Å²) in [6, 6.07) is -0.302. The zero-order chi connectivity index (χ0) is 20.4. The Bertz CT molecular complexity index is 1020. The quantitative estimate of drug-likeness (QED) is 0.343. The second-order valence-corrected chi connectivity index (χ2v) is 6.84. The number of carbonyl (C=O) groups is 1. The number of rotatable bonds is 6. The van der Waals surface area contributed by atoms with Crippen molar-refractivity contribution in [3.63, 3.8) is 0 Å². The number of halogens is 5. The topological polar surface area (TPSA) is 64.7 Å². The Kier molecular flexibility index (Phi) is 5.82. The van der Waals surface area contributed by atoms with E-state index in [9.17, 15) is 22.4 Å². The maximum absolute atomic E-state index is 13.8. The lowest BCUT2D eigenvalue weighted by molar-refractivity contribution is -0.119. The van der Waals surface area contributed by atoms with Crippen LogP contribution in [-0.2, 0) is 11.3 Å². The molecular formula is C17H14BrF4N5O. The van der Waals surface area contributed by atoms with Crippen LogP contribution >= 0.6 is 15.9 Å². The molecule has 148 valence electrons. The third-order valence-electron chi connectivity index (χ3n) is 4.01. The molecule has 0 aliphatic carbocycles. The normalized spacial score (nSPS) is 12.2. The second-order valence-electron chi connectivity index (χ2n) is 5.93. The van der Waals surface area contributed by atoms with Crippen molar-refractivity contribution < 1.29 is 22.4 Å². The number of hydrogen-bond donors (Lipinski definition) is 1. The largest absolute Gasteiger partial charge is 0.322 e. The van der Waals surface area contributed by atoms with Gasteiger partial charge in [-0.05, 0) is 22.4 Å². The molecule has 11 heteroatoms. The van der Waals surface area contributed by atoms with Gasteiger partial charge >= 0.3 is 0 Å². The first kappa shape index (κ1) is 20.1. The zero-order valence-corrected chi connectivity index (χ0v) is 16.1. The zero-order valence-electron chi connectivity index (χ0n) is 14.5. The summed E-state index contributed by atoms with van der Waals surface area (Å²) in [6.45, 7) is 1.34. The summed E-state index contributed by atoms with van der Waals surface area (Å²) in [5.41, 5.74) is -0.397. The molecule has 1 N–H and O–H groups in total. The smallest absolute Gasteiger partial charge is 0.249 e. The van der Waals surface area contributed by atoms with Gasteiger partial charge in [-0.2, -0.15) is 10.2 Å². The van der Waals surface area contributed by atoms with Crippen molar-refractivity contribution in [1.29, 1.82) is 0 Å². The summed E-state index contributed by atoms with van der Waals surface area (Å²) in [7, 11) is 0. The molecule has 2 aromatic heterocycles. The first-order valence-corrected chi connectivity index (χ1v) is 8.94. The minimum atomic E-state index is -1.76. The highest BCUT2D eigenvalue weighted by molar-refractivity contribution is 9.10. The van der Waals surface area contributed by atoms with Gasteiger partial charge in [-0.3, -0.25) is 14.2 Å². The molecule has 1 aromatic carbocycles. The molecule has 0 saturated heterocycles. The molecule has 3 rings (SSSR count). The van der Waals surface area contributed by atoms with E-state index in [1.165, 1.54) is 17.1 Å². The summed E-state index contributed by atoms with van der Waals surface area (Å²) < 4.78 is 57.2. The summed E-state index contributed by atoms with van der Waals surface area (Å²) in [5.74, 6) is -6.57. The van der Waals surface area contributed by atoms with E-state index < -0.39 is 41.4 Å². The molecule has 6 nitrogen and oxygen atoms in total. The van der Waals surface area contributed by atoms with Crippen molar-refractivity contribution in [3.05, 3.63) is 64.2 Å². The molecule has 0 saturated carbocycles. The van der Waals surface area contributed by atoms with Crippen LogP contribution < -0.4 is 5.32 Å². The third kappa shape index (κ3) is 4.08. The van der Waals surface area contributed by atoms with Gasteiger partial charge in [-0.15, -0.1) is 0 Å². The lowest BCUT2D eigenvalue weighted by Crippen LogP contribution is -2.25. The highest BCUT2D eigenvalue weighted by atomic mass is 79.9. The van der Waals surface area contributed by atoms with Crippen LogP contribution in [0.25, 0.3) is 0 Å². The Morgan fingerprint density at radius 1 is 1.14 bits per heavy atom. The molecule has 1 unspecified atom stereocenters. The number of carbonyl (C=O) groups excluding carboxylic acids is 1. The van der Waals surface area contributed by atoms with Crippen LogP contribution in [0.5, 0.6) is 0 Å². The standard InChI is InChI=1S/C17H14BrF4N5O/c1-2-14(27-6-9(18)4-24-27)17(28)25-10-5-23-26(7-10)8-11-12(19)3-13(20)16(22)15(11)21/h3-7,14H,2,8H2,1H3,(H,25,28). The van der Waals surface area contributed by atoms with Gasteiger partial charge in [0.2, 0.25) is 5.91 Å². The average Bonchev–Trinajstić information content (AvgIpc) is 3.26. The molecule has 28 heavy (non-hydrogen) atoms. The first-order chi connectivity index (χ1) is 13.3. The Morgan fingerprint density at radius 3 is 2.54 bits per heavy atom. The number of amides is 1. The maximum atomic E-state index is 13.8. The molecule has 1 atom stereocenters. The summed E-state index contributed by atoms with van der Waals surface area (Å²) in [6.07, 6.45) is 6.28. The van der Waals surface area contributed by atoms with E-state index >= 15 is 0 Å². The predicted molar refractivity (Wildman–Crippen MR) is 95.5 cm³/mol. The second kappa shape index (κ2) is 8.13. The molecule has 3 aromatic rings. The van der Waals surface area contributed by atoms with Crippen LogP contribution in [0.2, 0.25) is 0 Å². The monoisotopic (exact) mass is 459 g/mol. The fraction of sp³-hybridized carbons (Fsp3) is 0.235. The van der Waals surface area contributed by atoms with Gasteiger partial charge in [0.05, 0.1) is 29.1 Å². The third-order valence-corrected chi connectivity index (χ3v) is 4.42. The van der Waals surface area contributed by atoms with Crippen molar-refractivity contribution in [2.75, 3.05) is 5.32 Å². The Balaban J connectivity index is 1.74. The molecule has 0 aliphatic rings. The SMILES string of the molecule is CCC(C(=O)Nc1cnn(Cc2c(F)cc(F)c(F)c2F)c1)n1cc(Br)cn1. The number of aromatic nitrogens is 4. The van der Waals surface area contributed by atoms with Crippen LogP contribution in [0.15, 0.2) is 35.3 Å². The molecule has 0 radical (unpaired) electrons. The maximum Gasteiger partial charge on any atom is 0.249 e. The van der Waals surface area contributed by atoms with Gasteiger partial charge < -0.3 is 5.32 Å². The van der Waals surface area contributed by atoms with Crippen LogP contribution in [-0.4, -0.2) is 25.5 Å². The number of benzene rings is 1. The van der Waals surface area contributed by atoms with E-state index in [0.717, 1.165) is 9.15 Å². The van der Waals surface area contributed by atoms with Crippen molar-refractivity contribution in [1.82, 2.24) is 19.6 Å². The molecule has 2 heterocycles. The molecule has 0 aliphatic heterocycles. The van der Waals surface area contributed by atoms with E-state index in [2.05, 4.69) is 31.4 Å². The van der Waals surface area contributed by atoms with Gasteiger partial charge in [0.25, 0.3) is 0 Å². The molecule has 0 bridgehead atoms. The van der Waals surface area contributed by atoms with Gasteiger partial charge in [-0.1, -0.05) is 6.92 Å². The highest BCUT2D eigenvalue weighted by Gasteiger charge is 2.21. The fourth-order valence-corrected chi connectivity index (χ4v) is 2.93. The summed E-state index contributed by atoms with van der Waals surface area (Å²) in [5, 5.41) is 10.6. The van der Waals surface area contributed by atoms with E-state index in [1.807, 2.05) is 6.92 Å². The predicted octanol–water partition coefficient (Wildman–Crippen LogP) is 4.04. The minimum Gasteiger partial charge on any atom is -0.322 e. The van der Waals surface area contributed by atoms with Gasteiger partial charge in [0.1, 0.15) is 11.9 Å². The Hall–Kier alpha value is -2.69. The van der Waals surface area contributed by atoms with Gasteiger partial charge in [0, 0.05) is 24.0 Å². The number of nitrogens with zero attached hydrogens (tertiary/aromatic N) is 4. The molecule has 1 amide bonds. The van der Waals surface area contributed by atoms with E-state index in [0.29, 0.717) is 6.42 Å². The van der Waals surface area contributed by atoms with E-state index in [1.54, 1.807) is 12.4 Å². The molecular weight excluding hydrogens is 446 g/mol. The summed E-state index contributed by atoms with van der Waals surface area (Å²) >= 11 is 3.26. The summed E-state index contributed by atoms with van der Waals surface area (Å²) in [4.78, 5) is 12.5. The van der Waals surface area contributed by atoms with Crippen LogP contribution in [0, 0.1) is 23.3 Å². The van der Waals surface area contributed by atoms with Gasteiger partial charge in [0.15, 0.2) is 17.5 Å². The molecule has 0 fully saturated rings. The average molecular weight is 460 g/mol. The Labute approximate surface area is 165 Å². The fourth-order valence-electron chi connectivity index (χ4n) is 2.63. The first-order valence-electron chi connectivity index (χ1n) is 8.15. The van der Waals surface area contributed by atoms with E-state index in [-0.39, 0.29) is 17.7 Å². The van der Waals surface area contributed by atoms with Gasteiger partial charge in [-0.25, -0.2) is 17.6 Å². The Morgan fingerprint density at radius 2 is 1.89 bits per heavy atom. The minimum absolute atomic E-state index is 0.272. The highest BCUT2D eigenvalue weighted by Crippen LogP contribution is 2.21. The van der Waals surface area contributed by atoms with Crippen molar-refractivity contribution in [2.45, 2.75) is 25.9 Å². The van der Waals surface area contributed by atoms with Crippen molar-refractivity contribution in [2.24, 2.45) is 0 Å². The lowest BCUT2D eigenvalue weighted by atomic mass is 10.2. The van der Waals surface area contributed by atoms with Crippen LogP contribution in [0.4, 0.5) is 23.2 Å².